The average molecular weight is 262 g/mol. The van der Waals surface area contributed by atoms with E-state index in [0.717, 1.165) is 12.8 Å². The van der Waals surface area contributed by atoms with Gasteiger partial charge in [0, 0.05) is 18.8 Å². The Kier molecular flexibility index (Phi) is 4.70. The number of rotatable bonds is 5. The zero-order valence-corrected chi connectivity index (χ0v) is 11.7. The molecule has 1 fully saturated rings. The third kappa shape index (κ3) is 4.13. The van der Waals surface area contributed by atoms with E-state index >= 15 is 0 Å². The third-order valence-corrected chi connectivity index (χ3v) is 3.95. The van der Waals surface area contributed by atoms with Crippen molar-refractivity contribution in [3.63, 3.8) is 0 Å². The van der Waals surface area contributed by atoms with E-state index in [1.165, 1.54) is 5.57 Å². The van der Waals surface area contributed by atoms with Gasteiger partial charge in [-0.3, -0.25) is 9.59 Å². The van der Waals surface area contributed by atoms with E-state index in [9.17, 15) is 9.59 Å². The van der Waals surface area contributed by atoms with Crippen molar-refractivity contribution in [2.75, 3.05) is 6.61 Å². The summed E-state index contributed by atoms with van der Waals surface area (Å²) in [5.74, 6) is 0.985. The van der Waals surface area contributed by atoms with Gasteiger partial charge in [0.15, 0.2) is 0 Å². The molecule has 0 bridgehead atoms. The standard InChI is InChI=1S/C16H22O3/c1-11(12(2)17)7-13-3-4-14(8-13)9-16-10-15(18)5-6-19-16/h3-4,8,11,14,16H,5-7,9-10H2,1-2H3/t11-,14?,16?/m0/s1. The molecule has 0 spiro atoms. The van der Waals surface area contributed by atoms with Crippen LogP contribution in [0.2, 0.25) is 0 Å². The van der Waals surface area contributed by atoms with E-state index in [0.29, 0.717) is 31.1 Å². The van der Waals surface area contributed by atoms with Crippen LogP contribution in [-0.4, -0.2) is 24.3 Å². The number of hydrogen-bond donors (Lipinski definition) is 0. The fourth-order valence-electron chi connectivity index (χ4n) is 2.62. The molecule has 2 rings (SSSR count). The van der Waals surface area contributed by atoms with Gasteiger partial charge in [0.2, 0.25) is 0 Å². The van der Waals surface area contributed by atoms with Crippen LogP contribution >= 0.6 is 0 Å². The van der Waals surface area contributed by atoms with E-state index in [1.807, 2.05) is 6.92 Å². The molecular formula is C16H22O3. The van der Waals surface area contributed by atoms with Gasteiger partial charge in [-0.2, -0.15) is 0 Å². The molecule has 1 aliphatic carbocycles. The molecule has 1 aliphatic heterocycles. The second-order valence-electron chi connectivity index (χ2n) is 5.70. The van der Waals surface area contributed by atoms with Crippen LogP contribution in [0.15, 0.2) is 23.8 Å². The summed E-state index contributed by atoms with van der Waals surface area (Å²) in [6, 6.07) is 0. The molecule has 3 heteroatoms. The quantitative estimate of drug-likeness (QED) is 0.765. The Balaban J connectivity index is 1.83. The normalized spacial score (nSPS) is 28.3. The van der Waals surface area contributed by atoms with Crippen LogP contribution in [-0.2, 0) is 14.3 Å². The molecule has 3 nitrogen and oxygen atoms in total. The number of allylic oxidation sites excluding steroid dienone is 4. The lowest BCUT2D eigenvalue weighted by molar-refractivity contribution is -0.128. The third-order valence-electron chi connectivity index (χ3n) is 3.95. The SMILES string of the molecule is CC(=O)[C@@H](C)CC1=CC(CC2CC(=O)CCO2)C=C1. The minimum absolute atomic E-state index is 0.0664. The van der Waals surface area contributed by atoms with Crippen LogP contribution in [0, 0.1) is 11.8 Å². The van der Waals surface area contributed by atoms with Crippen LogP contribution in [0.3, 0.4) is 0 Å². The van der Waals surface area contributed by atoms with Crippen molar-refractivity contribution in [2.45, 2.75) is 45.6 Å². The molecule has 0 aromatic heterocycles. The summed E-state index contributed by atoms with van der Waals surface area (Å²) in [6.45, 7) is 4.17. The Morgan fingerprint density at radius 3 is 3.00 bits per heavy atom. The highest BCUT2D eigenvalue weighted by molar-refractivity contribution is 5.79. The van der Waals surface area contributed by atoms with Crippen LogP contribution < -0.4 is 0 Å². The van der Waals surface area contributed by atoms with Crippen LogP contribution in [0.1, 0.15) is 39.5 Å². The Morgan fingerprint density at radius 1 is 1.53 bits per heavy atom. The number of Topliss-reactive ketones (excluding diaryl/α,β-unsaturated/α-hetero) is 2. The highest BCUT2D eigenvalue weighted by Gasteiger charge is 2.23. The van der Waals surface area contributed by atoms with Crippen molar-refractivity contribution in [1.29, 1.82) is 0 Å². The fourth-order valence-corrected chi connectivity index (χ4v) is 2.62. The van der Waals surface area contributed by atoms with Crippen molar-refractivity contribution in [3.8, 4) is 0 Å². The topological polar surface area (TPSA) is 43.4 Å². The molecule has 2 unspecified atom stereocenters. The second-order valence-corrected chi connectivity index (χ2v) is 5.70. The predicted octanol–water partition coefficient (Wildman–Crippen LogP) is 2.85. The molecule has 3 atom stereocenters. The van der Waals surface area contributed by atoms with Crippen molar-refractivity contribution in [2.24, 2.45) is 11.8 Å². The summed E-state index contributed by atoms with van der Waals surface area (Å²) in [7, 11) is 0. The highest BCUT2D eigenvalue weighted by Crippen LogP contribution is 2.27. The van der Waals surface area contributed by atoms with Gasteiger partial charge < -0.3 is 4.74 Å². The highest BCUT2D eigenvalue weighted by atomic mass is 16.5. The molecular weight excluding hydrogens is 240 g/mol. The molecule has 0 aromatic carbocycles. The van der Waals surface area contributed by atoms with Crippen molar-refractivity contribution in [1.82, 2.24) is 0 Å². The monoisotopic (exact) mass is 262 g/mol. The van der Waals surface area contributed by atoms with Crippen LogP contribution in [0.25, 0.3) is 0 Å². The lowest BCUT2D eigenvalue weighted by atomic mass is 9.95. The number of ketones is 2. The molecule has 0 aromatic rings. The molecule has 1 heterocycles. The number of hydrogen-bond acceptors (Lipinski definition) is 3. The van der Waals surface area contributed by atoms with E-state index in [4.69, 9.17) is 4.74 Å². The maximum atomic E-state index is 11.4. The van der Waals surface area contributed by atoms with Crippen LogP contribution in [0.4, 0.5) is 0 Å². The summed E-state index contributed by atoms with van der Waals surface area (Å²) >= 11 is 0. The van der Waals surface area contributed by atoms with Gasteiger partial charge in [-0.25, -0.2) is 0 Å². The van der Waals surface area contributed by atoms with Gasteiger partial charge in [0.1, 0.15) is 11.6 Å². The zero-order valence-electron chi connectivity index (χ0n) is 11.7. The lowest BCUT2D eigenvalue weighted by Gasteiger charge is -2.23. The smallest absolute Gasteiger partial charge is 0.137 e. The van der Waals surface area contributed by atoms with Gasteiger partial charge >= 0.3 is 0 Å². The number of carbonyl (C=O) groups excluding carboxylic acids is 2. The molecule has 0 saturated carbocycles. The van der Waals surface area contributed by atoms with Gasteiger partial charge in [-0.15, -0.1) is 0 Å². The minimum Gasteiger partial charge on any atom is -0.377 e. The van der Waals surface area contributed by atoms with E-state index < -0.39 is 0 Å². The first-order chi connectivity index (χ1) is 9.04. The van der Waals surface area contributed by atoms with Crippen molar-refractivity contribution >= 4 is 11.6 Å². The van der Waals surface area contributed by atoms with Gasteiger partial charge in [0.25, 0.3) is 0 Å². The summed E-state index contributed by atoms with van der Waals surface area (Å²) in [5.41, 5.74) is 1.23. The fraction of sp³-hybridized carbons (Fsp3) is 0.625. The van der Waals surface area contributed by atoms with E-state index in [1.54, 1.807) is 6.92 Å². The van der Waals surface area contributed by atoms with Gasteiger partial charge in [-0.1, -0.05) is 30.7 Å². The first kappa shape index (κ1) is 14.2. The van der Waals surface area contributed by atoms with Crippen molar-refractivity contribution in [3.05, 3.63) is 23.8 Å². The second kappa shape index (κ2) is 6.29. The molecule has 19 heavy (non-hydrogen) atoms. The molecule has 1 saturated heterocycles. The lowest BCUT2D eigenvalue weighted by Crippen LogP contribution is -2.26. The van der Waals surface area contributed by atoms with Crippen molar-refractivity contribution < 1.29 is 14.3 Å². The molecule has 2 aliphatic rings. The average Bonchev–Trinajstić information content (AvgIpc) is 2.76. The largest absolute Gasteiger partial charge is 0.377 e. The molecule has 0 amide bonds. The summed E-state index contributed by atoms with van der Waals surface area (Å²) in [4.78, 5) is 22.6. The van der Waals surface area contributed by atoms with E-state index in [2.05, 4.69) is 18.2 Å². The first-order valence-corrected chi connectivity index (χ1v) is 7.07. The predicted molar refractivity (Wildman–Crippen MR) is 73.8 cm³/mol. The molecule has 104 valence electrons. The zero-order chi connectivity index (χ0) is 13.8. The first-order valence-electron chi connectivity index (χ1n) is 7.07. The molecule has 0 N–H and O–H groups in total. The Labute approximate surface area is 114 Å². The summed E-state index contributed by atoms with van der Waals surface area (Å²) in [5, 5.41) is 0. The Morgan fingerprint density at radius 2 is 2.32 bits per heavy atom. The van der Waals surface area contributed by atoms with Crippen LogP contribution in [0.5, 0.6) is 0 Å². The maximum Gasteiger partial charge on any atom is 0.137 e. The maximum absolute atomic E-state index is 11.4. The number of carbonyl (C=O) groups is 2. The summed E-state index contributed by atoms with van der Waals surface area (Å²) < 4.78 is 5.63. The molecule has 0 radical (unpaired) electrons. The van der Waals surface area contributed by atoms with Gasteiger partial charge in [0.05, 0.1) is 12.7 Å². The number of ether oxygens (including phenoxy) is 1. The van der Waals surface area contributed by atoms with Gasteiger partial charge in [-0.05, 0) is 25.7 Å². The summed E-state index contributed by atoms with van der Waals surface area (Å²) in [6.07, 6.45) is 9.34. The Bertz CT molecular complexity index is 420. The van der Waals surface area contributed by atoms with E-state index in [-0.39, 0.29) is 17.8 Å². The minimum atomic E-state index is 0.0664. The Hall–Kier alpha value is -1.22.